The second kappa shape index (κ2) is 5.17. The van der Waals surface area contributed by atoms with Crippen LogP contribution in [0.1, 0.15) is 38.5 Å². The molecule has 0 bridgehead atoms. The fourth-order valence-electron chi connectivity index (χ4n) is 3.65. The van der Waals surface area contributed by atoms with Gasteiger partial charge >= 0.3 is 0 Å². The van der Waals surface area contributed by atoms with E-state index in [1.54, 1.807) is 0 Å². The van der Waals surface area contributed by atoms with E-state index in [-0.39, 0.29) is 11.8 Å². The predicted molar refractivity (Wildman–Crippen MR) is 71.0 cm³/mol. The minimum absolute atomic E-state index is 0.185. The highest BCUT2D eigenvalue weighted by atomic mass is 16.2. The van der Waals surface area contributed by atoms with Gasteiger partial charge in [-0.2, -0.15) is 0 Å². The number of hydrogen-bond donors (Lipinski definition) is 2. The van der Waals surface area contributed by atoms with Gasteiger partial charge in [0.25, 0.3) is 0 Å². The largest absolute Gasteiger partial charge is 0.352 e. The van der Waals surface area contributed by atoms with Gasteiger partial charge in [-0.05, 0) is 44.6 Å². The number of amides is 1. The molecule has 0 aromatic heterocycles. The van der Waals surface area contributed by atoms with Crippen LogP contribution in [-0.4, -0.2) is 42.5 Å². The van der Waals surface area contributed by atoms with E-state index in [0.29, 0.717) is 18.5 Å². The molecule has 2 saturated carbocycles. The molecular weight excluding hydrogens is 226 g/mol. The molecule has 1 heterocycles. The van der Waals surface area contributed by atoms with Gasteiger partial charge in [0.2, 0.25) is 5.91 Å². The lowest BCUT2D eigenvalue weighted by Gasteiger charge is -2.21. The topological polar surface area (TPSA) is 58.4 Å². The second-order valence-electron chi connectivity index (χ2n) is 6.25. The lowest BCUT2D eigenvalue weighted by molar-refractivity contribution is -0.126. The van der Waals surface area contributed by atoms with Crippen LogP contribution in [0.25, 0.3) is 0 Å². The van der Waals surface area contributed by atoms with E-state index >= 15 is 0 Å². The van der Waals surface area contributed by atoms with Gasteiger partial charge in [-0.25, -0.2) is 0 Å². The third-order valence-corrected chi connectivity index (χ3v) is 4.93. The Morgan fingerprint density at radius 1 is 1.22 bits per heavy atom. The fraction of sp³-hybridized carbons (Fsp3) is 0.929. The SMILES string of the molecule is NC[C@H]1CCC[C@H]1C(=O)NC1CCN(C2CC2)C1. The molecule has 3 aliphatic rings. The summed E-state index contributed by atoms with van der Waals surface area (Å²) >= 11 is 0. The van der Waals surface area contributed by atoms with Crippen LogP contribution < -0.4 is 11.1 Å². The van der Waals surface area contributed by atoms with Gasteiger partial charge in [0.05, 0.1) is 0 Å². The van der Waals surface area contributed by atoms with E-state index in [2.05, 4.69) is 10.2 Å². The van der Waals surface area contributed by atoms with Crippen LogP contribution in [-0.2, 0) is 4.79 Å². The molecule has 2 aliphatic carbocycles. The number of rotatable bonds is 4. The molecule has 3 fully saturated rings. The quantitative estimate of drug-likeness (QED) is 0.774. The fourth-order valence-corrected chi connectivity index (χ4v) is 3.65. The first kappa shape index (κ1) is 12.4. The molecule has 1 aliphatic heterocycles. The van der Waals surface area contributed by atoms with E-state index in [1.165, 1.54) is 25.8 Å². The molecule has 1 amide bonds. The van der Waals surface area contributed by atoms with E-state index in [0.717, 1.165) is 31.8 Å². The van der Waals surface area contributed by atoms with Crippen molar-refractivity contribution in [3.63, 3.8) is 0 Å². The van der Waals surface area contributed by atoms with Crippen LogP contribution in [0.3, 0.4) is 0 Å². The van der Waals surface area contributed by atoms with Crippen molar-refractivity contribution >= 4 is 5.91 Å². The molecule has 3 N–H and O–H groups in total. The Bertz CT molecular complexity index is 316. The number of likely N-dealkylation sites (tertiary alicyclic amines) is 1. The molecule has 3 atom stereocenters. The summed E-state index contributed by atoms with van der Waals surface area (Å²) in [6.45, 7) is 2.90. The van der Waals surface area contributed by atoms with Crippen LogP contribution in [0.5, 0.6) is 0 Å². The maximum absolute atomic E-state index is 12.3. The van der Waals surface area contributed by atoms with Crippen molar-refractivity contribution in [1.29, 1.82) is 0 Å². The Morgan fingerprint density at radius 3 is 2.78 bits per heavy atom. The minimum atomic E-state index is 0.185. The molecule has 102 valence electrons. The van der Waals surface area contributed by atoms with Gasteiger partial charge in [-0.1, -0.05) is 6.42 Å². The molecule has 0 spiro atoms. The summed E-state index contributed by atoms with van der Waals surface area (Å²) < 4.78 is 0. The Morgan fingerprint density at radius 2 is 2.06 bits per heavy atom. The second-order valence-corrected chi connectivity index (χ2v) is 6.25. The predicted octanol–water partition coefficient (Wildman–Crippen LogP) is 0.714. The standard InChI is InChI=1S/C14H25N3O/c15-8-10-2-1-3-13(10)14(18)16-11-6-7-17(9-11)12-4-5-12/h10-13H,1-9,15H2,(H,16,18)/t10-,11?,13-/m1/s1. The van der Waals surface area contributed by atoms with Crippen LogP contribution in [0.15, 0.2) is 0 Å². The first-order valence-electron chi connectivity index (χ1n) is 7.52. The molecular formula is C14H25N3O. The molecule has 1 unspecified atom stereocenters. The van der Waals surface area contributed by atoms with Gasteiger partial charge in [0.15, 0.2) is 0 Å². The normalized spacial score (nSPS) is 37.1. The Balaban J connectivity index is 1.48. The Labute approximate surface area is 109 Å². The summed E-state index contributed by atoms with van der Waals surface area (Å²) in [6.07, 6.45) is 7.18. The maximum Gasteiger partial charge on any atom is 0.223 e. The summed E-state index contributed by atoms with van der Waals surface area (Å²) in [7, 11) is 0. The third kappa shape index (κ3) is 2.54. The van der Waals surface area contributed by atoms with Crippen molar-refractivity contribution in [3.05, 3.63) is 0 Å². The van der Waals surface area contributed by atoms with Crippen molar-refractivity contribution in [2.75, 3.05) is 19.6 Å². The lowest BCUT2D eigenvalue weighted by atomic mass is 9.95. The third-order valence-electron chi connectivity index (χ3n) is 4.93. The van der Waals surface area contributed by atoms with Gasteiger partial charge in [-0.15, -0.1) is 0 Å². The highest BCUT2D eigenvalue weighted by molar-refractivity contribution is 5.79. The average molecular weight is 251 g/mol. The van der Waals surface area contributed by atoms with Crippen LogP contribution in [0.2, 0.25) is 0 Å². The van der Waals surface area contributed by atoms with Gasteiger partial charge in [0.1, 0.15) is 0 Å². The monoisotopic (exact) mass is 251 g/mol. The van der Waals surface area contributed by atoms with E-state index < -0.39 is 0 Å². The molecule has 0 aromatic rings. The molecule has 4 nitrogen and oxygen atoms in total. The van der Waals surface area contributed by atoms with E-state index in [4.69, 9.17) is 5.73 Å². The van der Waals surface area contributed by atoms with Crippen molar-refractivity contribution < 1.29 is 4.79 Å². The van der Waals surface area contributed by atoms with Crippen LogP contribution >= 0.6 is 0 Å². The maximum atomic E-state index is 12.3. The van der Waals surface area contributed by atoms with E-state index in [9.17, 15) is 4.79 Å². The molecule has 0 radical (unpaired) electrons. The average Bonchev–Trinajstić information content (AvgIpc) is 2.93. The van der Waals surface area contributed by atoms with Crippen LogP contribution in [0.4, 0.5) is 0 Å². The van der Waals surface area contributed by atoms with Gasteiger partial charge < -0.3 is 11.1 Å². The van der Waals surface area contributed by atoms with E-state index in [1.807, 2.05) is 0 Å². The number of nitrogens with one attached hydrogen (secondary N) is 1. The van der Waals surface area contributed by atoms with Crippen molar-refractivity contribution in [1.82, 2.24) is 10.2 Å². The summed E-state index contributed by atoms with van der Waals surface area (Å²) in [4.78, 5) is 14.8. The molecule has 18 heavy (non-hydrogen) atoms. The first-order valence-corrected chi connectivity index (χ1v) is 7.52. The summed E-state index contributed by atoms with van der Waals surface area (Å²) in [6, 6.07) is 1.22. The zero-order valence-corrected chi connectivity index (χ0v) is 11.1. The van der Waals surface area contributed by atoms with Crippen molar-refractivity contribution in [2.45, 2.75) is 50.6 Å². The smallest absolute Gasteiger partial charge is 0.223 e. The number of carbonyl (C=O) groups excluding carboxylic acids is 1. The zero-order chi connectivity index (χ0) is 12.5. The molecule has 1 saturated heterocycles. The highest BCUT2D eigenvalue weighted by Gasteiger charge is 2.37. The molecule has 4 heteroatoms. The van der Waals surface area contributed by atoms with Crippen LogP contribution in [0, 0.1) is 11.8 Å². The van der Waals surface area contributed by atoms with Gasteiger partial charge in [-0.3, -0.25) is 9.69 Å². The number of carbonyl (C=O) groups is 1. The molecule has 0 aromatic carbocycles. The highest BCUT2D eigenvalue weighted by Crippen LogP contribution is 2.32. The summed E-state index contributed by atoms with van der Waals surface area (Å²) in [5, 5.41) is 3.26. The summed E-state index contributed by atoms with van der Waals surface area (Å²) in [5.74, 6) is 0.876. The lowest BCUT2D eigenvalue weighted by Crippen LogP contribution is -2.42. The van der Waals surface area contributed by atoms with Crippen molar-refractivity contribution in [3.8, 4) is 0 Å². The number of nitrogens with two attached hydrogens (primary N) is 1. The summed E-state index contributed by atoms with van der Waals surface area (Å²) in [5.41, 5.74) is 5.75. The van der Waals surface area contributed by atoms with Gasteiger partial charge in [0, 0.05) is 31.1 Å². The minimum Gasteiger partial charge on any atom is -0.352 e. The Hall–Kier alpha value is -0.610. The first-order chi connectivity index (χ1) is 8.78. The number of nitrogens with zero attached hydrogens (tertiary/aromatic N) is 1. The number of hydrogen-bond acceptors (Lipinski definition) is 3. The zero-order valence-electron chi connectivity index (χ0n) is 11.1. The Kier molecular flexibility index (Phi) is 3.57. The molecule has 3 rings (SSSR count). The van der Waals surface area contributed by atoms with Crippen molar-refractivity contribution in [2.24, 2.45) is 17.6 Å².